The smallest absolute Gasteiger partial charge is 0.0462 e. The van der Waals surface area contributed by atoms with Crippen LogP contribution in [0.25, 0.3) is 96.0 Å². The van der Waals surface area contributed by atoms with Crippen molar-refractivity contribution in [3.63, 3.8) is 0 Å². The largest absolute Gasteiger partial charge is 0.311 e. The van der Waals surface area contributed by atoms with Gasteiger partial charge in [-0.25, -0.2) is 0 Å². The molecule has 0 bridgehead atoms. The molecule has 0 saturated carbocycles. The summed E-state index contributed by atoms with van der Waals surface area (Å²) in [5.41, 5.74) is 15.5. The Bertz CT molecular complexity index is 3580. The lowest BCUT2D eigenvalue weighted by Crippen LogP contribution is -2.09. The number of hydrogen-bond donors (Lipinski definition) is 0. The van der Waals surface area contributed by atoms with E-state index in [0.29, 0.717) is 0 Å². The summed E-state index contributed by atoms with van der Waals surface area (Å²) in [4.78, 5) is 2.37. The van der Waals surface area contributed by atoms with Gasteiger partial charge in [-0.05, 0) is 122 Å². The molecule has 2 heterocycles. The van der Waals surface area contributed by atoms with E-state index in [1.807, 2.05) is 22.7 Å². The first-order valence-corrected chi connectivity index (χ1v) is 23.0. The molecule has 3 heteroatoms. The maximum absolute atomic E-state index is 2.37. The van der Waals surface area contributed by atoms with Crippen LogP contribution in [0, 0.1) is 0 Å². The first-order chi connectivity index (χ1) is 31.2. The van der Waals surface area contributed by atoms with Gasteiger partial charge in [-0.15, -0.1) is 22.7 Å². The van der Waals surface area contributed by atoms with Gasteiger partial charge in [0.15, 0.2) is 0 Å². The average molecular weight is 838 g/mol. The summed E-state index contributed by atoms with van der Waals surface area (Å²) >= 11 is 3.76. The van der Waals surface area contributed by atoms with E-state index in [2.05, 4.69) is 241 Å². The van der Waals surface area contributed by atoms with Gasteiger partial charge in [0.1, 0.15) is 0 Å². The summed E-state index contributed by atoms with van der Waals surface area (Å²) in [5.74, 6) is 0. The van der Waals surface area contributed by atoms with Gasteiger partial charge in [-0.3, -0.25) is 0 Å². The lowest BCUT2D eigenvalue weighted by atomic mass is 9.92. The van der Waals surface area contributed by atoms with E-state index in [4.69, 9.17) is 0 Å². The second-order valence-electron chi connectivity index (χ2n) is 16.1. The highest BCUT2D eigenvalue weighted by Gasteiger charge is 2.17. The van der Waals surface area contributed by atoms with E-state index < -0.39 is 0 Å². The zero-order valence-electron chi connectivity index (χ0n) is 34.3. The van der Waals surface area contributed by atoms with Crippen LogP contribution in [-0.2, 0) is 0 Å². The summed E-state index contributed by atoms with van der Waals surface area (Å²) in [6, 6.07) is 86.5. The Balaban J connectivity index is 0.953. The highest BCUT2D eigenvalue weighted by molar-refractivity contribution is 7.26. The number of rotatable bonds is 8. The molecule has 0 atom stereocenters. The Morgan fingerprint density at radius 3 is 1.08 bits per heavy atom. The van der Waals surface area contributed by atoms with Crippen LogP contribution in [0.2, 0.25) is 0 Å². The summed E-state index contributed by atoms with van der Waals surface area (Å²) < 4.78 is 5.29. The third-order valence-electron chi connectivity index (χ3n) is 12.3. The van der Waals surface area contributed by atoms with Crippen molar-refractivity contribution in [3.8, 4) is 55.6 Å². The maximum Gasteiger partial charge on any atom is 0.0462 e. The molecule has 0 N–H and O–H groups in total. The number of fused-ring (bicyclic) bond motifs is 6. The molecule has 0 radical (unpaired) electrons. The van der Waals surface area contributed by atoms with E-state index in [9.17, 15) is 0 Å². The standard InChI is InChI=1S/C60H39NS2/c1-3-13-40(14-4-1)42-25-31-48(32-26-42)61(50-35-29-44(30-36-50)51-19-11-21-55-53-17-7-9-23-57(53)62-59(51)55)49-33-27-43(28-34-49)46-37-45(41-15-5-2-6-16-41)38-47(39-46)52-20-12-22-56-54-18-8-10-24-58(54)63-60(52)56/h1-39H. The van der Waals surface area contributed by atoms with Crippen molar-refractivity contribution in [3.05, 3.63) is 237 Å². The molecular weight excluding hydrogens is 799 g/mol. The van der Waals surface area contributed by atoms with Crippen molar-refractivity contribution in [2.24, 2.45) is 0 Å². The zero-order chi connectivity index (χ0) is 41.7. The van der Waals surface area contributed by atoms with Crippen LogP contribution in [0.4, 0.5) is 17.1 Å². The fourth-order valence-corrected chi connectivity index (χ4v) is 11.6. The zero-order valence-corrected chi connectivity index (χ0v) is 35.9. The summed E-state index contributed by atoms with van der Waals surface area (Å²) in [5, 5.41) is 5.26. The monoisotopic (exact) mass is 837 g/mol. The van der Waals surface area contributed by atoms with Gasteiger partial charge in [0.05, 0.1) is 0 Å². The van der Waals surface area contributed by atoms with Crippen molar-refractivity contribution < 1.29 is 0 Å². The fourth-order valence-electron chi connectivity index (χ4n) is 9.17. The minimum absolute atomic E-state index is 1.10. The van der Waals surface area contributed by atoms with Crippen molar-refractivity contribution in [2.45, 2.75) is 0 Å². The molecule has 63 heavy (non-hydrogen) atoms. The molecule has 0 aliphatic rings. The maximum atomic E-state index is 2.37. The lowest BCUT2D eigenvalue weighted by molar-refractivity contribution is 1.28. The van der Waals surface area contributed by atoms with Crippen LogP contribution < -0.4 is 4.90 Å². The van der Waals surface area contributed by atoms with Crippen LogP contribution in [-0.4, -0.2) is 0 Å². The molecule has 10 aromatic carbocycles. The average Bonchev–Trinajstić information content (AvgIpc) is 3.94. The molecule has 12 aromatic rings. The fraction of sp³-hybridized carbons (Fsp3) is 0. The molecule has 1 nitrogen and oxygen atoms in total. The Kier molecular flexibility index (Phi) is 9.29. The van der Waals surface area contributed by atoms with E-state index in [-0.39, 0.29) is 0 Å². The molecule has 0 spiro atoms. The SMILES string of the molecule is c1ccc(-c2ccc(N(c3ccc(-c4cc(-c5ccccc5)cc(-c5cccc6c5sc5ccccc56)c4)cc3)c3ccc(-c4cccc5c4sc4ccccc45)cc3)cc2)cc1. The number of nitrogens with zero attached hydrogens (tertiary/aromatic N) is 1. The van der Waals surface area contributed by atoms with Gasteiger partial charge in [-0.2, -0.15) is 0 Å². The molecule has 2 aromatic heterocycles. The number of hydrogen-bond acceptors (Lipinski definition) is 3. The van der Waals surface area contributed by atoms with Crippen LogP contribution >= 0.6 is 22.7 Å². The van der Waals surface area contributed by atoms with Crippen molar-refractivity contribution in [1.82, 2.24) is 0 Å². The van der Waals surface area contributed by atoms with Gasteiger partial charge in [0.25, 0.3) is 0 Å². The van der Waals surface area contributed by atoms with E-state index in [1.54, 1.807) is 0 Å². The third-order valence-corrected chi connectivity index (χ3v) is 14.7. The first kappa shape index (κ1) is 37.2. The van der Waals surface area contributed by atoms with Crippen molar-refractivity contribution >= 4 is 80.1 Å². The van der Waals surface area contributed by atoms with E-state index in [1.165, 1.54) is 96.0 Å². The second kappa shape index (κ2) is 15.7. The van der Waals surface area contributed by atoms with E-state index in [0.717, 1.165) is 17.1 Å². The molecule has 0 fully saturated rings. The molecule has 12 rings (SSSR count). The predicted molar refractivity (Wildman–Crippen MR) is 274 cm³/mol. The van der Waals surface area contributed by atoms with E-state index >= 15 is 0 Å². The minimum atomic E-state index is 1.10. The number of thiophene rings is 2. The summed E-state index contributed by atoms with van der Waals surface area (Å²) in [6.45, 7) is 0. The number of benzene rings is 10. The molecule has 0 aliphatic carbocycles. The van der Waals surface area contributed by atoms with Gasteiger partial charge >= 0.3 is 0 Å². The van der Waals surface area contributed by atoms with Gasteiger partial charge in [0, 0.05) is 57.4 Å². The van der Waals surface area contributed by atoms with Crippen molar-refractivity contribution in [2.75, 3.05) is 4.90 Å². The lowest BCUT2D eigenvalue weighted by Gasteiger charge is -2.26. The van der Waals surface area contributed by atoms with Gasteiger partial charge in [0.2, 0.25) is 0 Å². The second-order valence-corrected chi connectivity index (χ2v) is 18.2. The third kappa shape index (κ3) is 6.79. The summed E-state index contributed by atoms with van der Waals surface area (Å²) in [7, 11) is 0. The Morgan fingerprint density at radius 2 is 0.587 bits per heavy atom. The Labute approximate surface area is 375 Å². The number of anilines is 3. The van der Waals surface area contributed by atoms with Crippen LogP contribution in [0.1, 0.15) is 0 Å². The van der Waals surface area contributed by atoms with Crippen LogP contribution in [0.15, 0.2) is 237 Å². The molecule has 0 aliphatic heterocycles. The minimum Gasteiger partial charge on any atom is -0.311 e. The van der Waals surface area contributed by atoms with Gasteiger partial charge < -0.3 is 4.90 Å². The Hall–Kier alpha value is -7.56. The molecular formula is C60H39NS2. The molecule has 0 unspecified atom stereocenters. The molecule has 0 saturated heterocycles. The highest BCUT2D eigenvalue weighted by Crippen LogP contribution is 2.44. The Morgan fingerprint density at radius 1 is 0.238 bits per heavy atom. The van der Waals surface area contributed by atoms with Crippen molar-refractivity contribution in [1.29, 1.82) is 0 Å². The van der Waals surface area contributed by atoms with Crippen LogP contribution in [0.3, 0.4) is 0 Å². The van der Waals surface area contributed by atoms with Gasteiger partial charge in [-0.1, -0.05) is 170 Å². The quantitative estimate of drug-likeness (QED) is 0.147. The molecule has 296 valence electrons. The topological polar surface area (TPSA) is 3.24 Å². The predicted octanol–water partition coefficient (Wildman–Crippen LogP) is 18.2. The molecule has 0 amide bonds. The normalized spacial score (nSPS) is 11.5. The van der Waals surface area contributed by atoms with Crippen LogP contribution in [0.5, 0.6) is 0 Å². The first-order valence-electron chi connectivity index (χ1n) is 21.4. The highest BCUT2D eigenvalue weighted by atomic mass is 32.1. The summed E-state index contributed by atoms with van der Waals surface area (Å²) in [6.07, 6.45) is 0.